The lowest BCUT2D eigenvalue weighted by atomic mass is 10.0. The Morgan fingerprint density at radius 3 is 2.44 bits per heavy atom. The van der Waals surface area contributed by atoms with Gasteiger partial charge in [-0.3, -0.25) is 4.90 Å². The fourth-order valence-corrected chi connectivity index (χ4v) is 4.70. The number of hydrogen-bond acceptors (Lipinski definition) is 4. The summed E-state index contributed by atoms with van der Waals surface area (Å²) in [7, 11) is 0. The lowest BCUT2D eigenvalue weighted by Crippen LogP contribution is -2.49. The normalized spacial score (nSPS) is 16.3. The zero-order chi connectivity index (χ0) is 23.9. The van der Waals surface area contributed by atoms with Crippen molar-refractivity contribution in [1.82, 2.24) is 4.90 Å². The van der Waals surface area contributed by atoms with Gasteiger partial charge in [-0.2, -0.15) is 0 Å². The Morgan fingerprint density at radius 1 is 1.00 bits per heavy atom. The van der Waals surface area contributed by atoms with Crippen LogP contribution in [0.5, 0.6) is 5.75 Å². The molecule has 0 radical (unpaired) electrons. The summed E-state index contributed by atoms with van der Waals surface area (Å²) in [6.45, 7) is 10.9. The van der Waals surface area contributed by atoms with Gasteiger partial charge in [0.25, 0.3) is 0 Å². The van der Waals surface area contributed by atoms with Gasteiger partial charge in [-0.05, 0) is 41.8 Å². The highest BCUT2D eigenvalue weighted by atomic mass is 35.5. The monoisotopic (exact) mass is 495 g/mol. The molecule has 0 unspecified atom stereocenters. The van der Waals surface area contributed by atoms with Gasteiger partial charge in [-0.1, -0.05) is 59.6 Å². The summed E-state index contributed by atoms with van der Waals surface area (Å²) in [6, 6.07) is 21.7. The topological polar surface area (TPSA) is 40.3 Å². The molecule has 4 rings (SSSR count). The predicted molar refractivity (Wildman–Crippen MR) is 138 cm³/mol. The number of aliphatic hydroxyl groups is 1. The molecular weight excluding hydrogens is 469 g/mol. The second-order valence-corrected chi connectivity index (χ2v) is 9.12. The molecule has 0 spiro atoms. The molecule has 0 bridgehead atoms. The second-order valence-electron chi connectivity index (χ2n) is 8.27. The van der Waals surface area contributed by atoms with Crippen molar-refractivity contribution < 1.29 is 9.84 Å². The van der Waals surface area contributed by atoms with Gasteiger partial charge in [-0.15, -0.1) is 0 Å². The van der Waals surface area contributed by atoms with Crippen molar-refractivity contribution in [2.75, 3.05) is 44.3 Å². The summed E-state index contributed by atoms with van der Waals surface area (Å²) in [5, 5.41) is 10.4. The molecule has 1 atom stereocenters. The third-order valence-corrected chi connectivity index (χ3v) is 6.64. The molecule has 0 saturated carbocycles. The molecule has 5 nitrogen and oxygen atoms in total. The smallest absolute Gasteiger partial charge is 0.187 e. The Hall–Kier alpha value is -2.75. The molecule has 1 aliphatic heterocycles. The predicted octanol–water partition coefficient (Wildman–Crippen LogP) is 6.02. The van der Waals surface area contributed by atoms with Crippen molar-refractivity contribution in [1.29, 1.82) is 0 Å². The molecule has 0 aromatic heterocycles. The molecule has 1 fully saturated rings. The van der Waals surface area contributed by atoms with Crippen LogP contribution in [0.25, 0.3) is 4.85 Å². The SMILES string of the molecule is [C-]#[N+]c1ccc(CCN2CCN(c3ccc(OCCO)cc3Cl)[C@H](c3ccc(Cl)cc3)C2)cc1. The standard InChI is InChI=1S/C27H27Cl2N3O2/c1-30-23-8-2-20(3-9-23)12-13-31-14-15-32(27(19-31)21-4-6-22(28)7-5-21)26-11-10-24(18-25(26)29)34-17-16-33/h2-11,18,27,33H,12-17,19H2/t27-/m0/s1. The lowest BCUT2D eigenvalue weighted by molar-refractivity contribution is 0.201. The summed E-state index contributed by atoms with van der Waals surface area (Å²) in [5.41, 5.74) is 4.06. The van der Waals surface area contributed by atoms with Crippen LogP contribution in [0.4, 0.5) is 11.4 Å². The fourth-order valence-electron chi connectivity index (χ4n) is 4.30. The van der Waals surface area contributed by atoms with Gasteiger partial charge in [0.15, 0.2) is 5.69 Å². The highest BCUT2D eigenvalue weighted by Gasteiger charge is 2.29. The Kier molecular flexibility index (Phi) is 8.31. The van der Waals surface area contributed by atoms with Gasteiger partial charge >= 0.3 is 0 Å². The minimum absolute atomic E-state index is 0.0380. The van der Waals surface area contributed by atoms with Crippen LogP contribution in [0, 0.1) is 6.57 Å². The van der Waals surface area contributed by atoms with Gasteiger partial charge in [0, 0.05) is 37.3 Å². The van der Waals surface area contributed by atoms with Gasteiger partial charge < -0.3 is 14.7 Å². The number of hydrogen-bond donors (Lipinski definition) is 1. The molecule has 1 saturated heterocycles. The molecule has 176 valence electrons. The van der Waals surface area contributed by atoms with Gasteiger partial charge in [-0.25, -0.2) is 4.85 Å². The summed E-state index contributed by atoms with van der Waals surface area (Å²) in [4.78, 5) is 8.30. The largest absolute Gasteiger partial charge is 0.491 e. The van der Waals surface area contributed by atoms with Crippen molar-refractivity contribution in [3.05, 3.63) is 99.3 Å². The average Bonchev–Trinajstić information content (AvgIpc) is 2.87. The van der Waals surface area contributed by atoms with Crippen molar-refractivity contribution in [2.45, 2.75) is 12.5 Å². The Balaban J connectivity index is 1.52. The number of ether oxygens (including phenoxy) is 1. The molecular formula is C27H27Cl2N3O2. The van der Waals surface area contributed by atoms with Gasteiger partial charge in [0.2, 0.25) is 0 Å². The van der Waals surface area contributed by atoms with Crippen LogP contribution in [0.1, 0.15) is 17.2 Å². The number of nitrogens with zero attached hydrogens (tertiary/aromatic N) is 3. The van der Waals surface area contributed by atoms with E-state index in [4.69, 9.17) is 39.6 Å². The van der Waals surface area contributed by atoms with Crippen molar-refractivity contribution in [3.8, 4) is 5.75 Å². The van der Waals surface area contributed by atoms with Crippen LogP contribution in [-0.4, -0.2) is 49.4 Å². The number of anilines is 1. The zero-order valence-electron chi connectivity index (χ0n) is 18.8. The van der Waals surface area contributed by atoms with E-state index < -0.39 is 0 Å². The Bertz CT molecular complexity index is 1130. The van der Waals surface area contributed by atoms with E-state index in [2.05, 4.69) is 26.8 Å². The van der Waals surface area contributed by atoms with Crippen LogP contribution < -0.4 is 9.64 Å². The van der Waals surface area contributed by atoms with E-state index in [-0.39, 0.29) is 19.3 Å². The van der Waals surface area contributed by atoms with Crippen LogP contribution in [-0.2, 0) is 6.42 Å². The summed E-state index contributed by atoms with van der Waals surface area (Å²) >= 11 is 12.8. The molecule has 7 heteroatoms. The molecule has 1 aliphatic rings. The van der Waals surface area contributed by atoms with E-state index in [1.54, 1.807) is 0 Å². The molecule has 1 N–H and O–H groups in total. The number of halogens is 2. The first kappa shape index (κ1) is 24.4. The number of piperazine rings is 1. The number of benzene rings is 3. The van der Waals surface area contributed by atoms with Gasteiger partial charge in [0.05, 0.1) is 29.9 Å². The molecule has 3 aromatic rings. The fraction of sp³-hybridized carbons (Fsp3) is 0.296. The summed E-state index contributed by atoms with van der Waals surface area (Å²) in [5.74, 6) is 0.647. The zero-order valence-corrected chi connectivity index (χ0v) is 20.3. The number of rotatable bonds is 8. The van der Waals surface area contributed by atoms with E-state index in [0.717, 1.165) is 38.3 Å². The third kappa shape index (κ3) is 6.02. The minimum atomic E-state index is -0.0380. The first-order valence-electron chi connectivity index (χ1n) is 11.3. The average molecular weight is 496 g/mol. The molecule has 3 aromatic carbocycles. The molecule has 0 amide bonds. The van der Waals surface area contributed by atoms with E-state index >= 15 is 0 Å². The van der Waals surface area contributed by atoms with Crippen molar-refractivity contribution in [2.24, 2.45) is 0 Å². The summed E-state index contributed by atoms with van der Waals surface area (Å²) in [6.07, 6.45) is 0.934. The van der Waals surface area contributed by atoms with Crippen LogP contribution in [0.3, 0.4) is 0 Å². The first-order valence-corrected chi connectivity index (χ1v) is 12.1. The second kappa shape index (κ2) is 11.6. The van der Waals surface area contributed by atoms with E-state index in [1.165, 1.54) is 11.1 Å². The van der Waals surface area contributed by atoms with E-state index in [9.17, 15) is 0 Å². The highest BCUT2D eigenvalue weighted by Crippen LogP contribution is 2.37. The highest BCUT2D eigenvalue weighted by molar-refractivity contribution is 6.33. The van der Waals surface area contributed by atoms with Crippen LogP contribution >= 0.6 is 23.2 Å². The first-order chi connectivity index (χ1) is 16.6. The molecule has 34 heavy (non-hydrogen) atoms. The van der Waals surface area contributed by atoms with Crippen LogP contribution in [0.2, 0.25) is 10.0 Å². The maximum Gasteiger partial charge on any atom is 0.187 e. The number of aliphatic hydroxyl groups excluding tert-OH is 1. The Morgan fingerprint density at radius 2 is 1.76 bits per heavy atom. The van der Waals surface area contributed by atoms with Crippen molar-refractivity contribution >= 4 is 34.6 Å². The van der Waals surface area contributed by atoms with E-state index in [0.29, 0.717) is 21.5 Å². The maximum absolute atomic E-state index is 9.01. The molecule has 1 heterocycles. The quantitative estimate of drug-likeness (QED) is 0.387. The maximum atomic E-state index is 9.01. The third-order valence-electron chi connectivity index (χ3n) is 6.09. The Labute approximate surface area is 210 Å². The summed E-state index contributed by atoms with van der Waals surface area (Å²) < 4.78 is 5.52. The van der Waals surface area contributed by atoms with Crippen LogP contribution in [0.15, 0.2) is 66.7 Å². The molecule has 0 aliphatic carbocycles. The van der Waals surface area contributed by atoms with Gasteiger partial charge in [0.1, 0.15) is 12.4 Å². The minimum Gasteiger partial charge on any atom is -0.491 e. The lowest BCUT2D eigenvalue weighted by Gasteiger charge is -2.43. The van der Waals surface area contributed by atoms with Crippen molar-refractivity contribution in [3.63, 3.8) is 0 Å². The van der Waals surface area contributed by atoms with E-state index in [1.807, 2.05) is 54.6 Å².